The van der Waals surface area contributed by atoms with E-state index in [-0.39, 0.29) is 12.2 Å². The Kier molecular flexibility index (Phi) is 3.63. The molecule has 1 amide bonds. The van der Waals surface area contributed by atoms with E-state index in [9.17, 15) is 4.79 Å². The Morgan fingerprint density at radius 3 is 2.61 bits per heavy atom. The maximum atomic E-state index is 12.2. The van der Waals surface area contributed by atoms with Crippen molar-refractivity contribution in [3.63, 3.8) is 0 Å². The van der Waals surface area contributed by atoms with E-state index < -0.39 is 0 Å². The topological polar surface area (TPSA) is 38.8 Å². The molecule has 0 aromatic carbocycles. The van der Waals surface area contributed by atoms with Gasteiger partial charge in [0.2, 0.25) is 0 Å². The van der Waals surface area contributed by atoms with Gasteiger partial charge in [-0.05, 0) is 24.3 Å². The van der Waals surface area contributed by atoms with Gasteiger partial charge in [-0.1, -0.05) is 6.07 Å². The molecule has 3 rings (SSSR count). The molecule has 3 heterocycles. The summed E-state index contributed by atoms with van der Waals surface area (Å²) in [7, 11) is 0. The summed E-state index contributed by atoms with van der Waals surface area (Å²) in [6, 6.07) is 3.81. The molecule has 0 radical (unpaired) electrons. The molecule has 0 saturated carbocycles. The summed E-state index contributed by atoms with van der Waals surface area (Å²) in [6.45, 7) is 3.03. The van der Waals surface area contributed by atoms with Crippen molar-refractivity contribution in [1.82, 2.24) is 4.90 Å². The summed E-state index contributed by atoms with van der Waals surface area (Å²) < 4.78 is 11.1. The highest BCUT2D eigenvalue weighted by Gasteiger charge is 2.32. The predicted octanol–water partition coefficient (Wildman–Crippen LogP) is 1.97. The first-order valence-electron chi connectivity index (χ1n) is 6.40. The third-order valence-electron chi connectivity index (χ3n) is 3.59. The second-order valence-corrected chi connectivity index (χ2v) is 5.66. The average Bonchev–Trinajstić information content (AvgIpc) is 3.11. The van der Waals surface area contributed by atoms with Crippen molar-refractivity contribution in [2.24, 2.45) is 5.92 Å². The van der Waals surface area contributed by atoms with Crippen LogP contribution in [0.2, 0.25) is 0 Å². The Labute approximate surface area is 110 Å². The third kappa shape index (κ3) is 2.43. The second kappa shape index (κ2) is 5.38. The third-order valence-corrected chi connectivity index (χ3v) is 4.45. The molecule has 1 aromatic rings. The Balaban J connectivity index is 1.55. The highest BCUT2D eigenvalue weighted by molar-refractivity contribution is 7.12. The fourth-order valence-electron chi connectivity index (χ4n) is 2.58. The molecule has 1 aromatic heterocycles. The molecule has 0 N–H and O–H groups in total. The van der Waals surface area contributed by atoms with E-state index in [4.69, 9.17) is 9.47 Å². The lowest BCUT2D eigenvalue weighted by Gasteiger charge is -2.33. The number of amides is 1. The van der Waals surface area contributed by atoms with Gasteiger partial charge < -0.3 is 14.4 Å². The molecule has 0 atom stereocenters. The van der Waals surface area contributed by atoms with Gasteiger partial charge in [-0.2, -0.15) is 0 Å². The van der Waals surface area contributed by atoms with Crippen molar-refractivity contribution in [3.8, 4) is 0 Å². The van der Waals surface area contributed by atoms with Gasteiger partial charge in [-0.15, -0.1) is 11.3 Å². The first kappa shape index (κ1) is 12.1. The number of likely N-dealkylation sites (tertiary alicyclic amines) is 1. The molecular weight excluding hydrogens is 250 g/mol. The summed E-state index contributed by atoms with van der Waals surface area (Å²) in [4.78, 5) is 14.9. The largest absolute Gasteiger partial charge is 0.350 e. The van der Waals surface area contributed by atoms with Crippen LogP contribution >= 0.6 is 11.3 Å². The molecule has 18 heavy (non-hydrogen) atoms. The fraction of sp³-hybridized carbons (Fsp3) is 0.615. The van der Waals surface area contributed by atoms with Crippen LogP contribution < -0.4 is 0 Å². The summed E-state index contributed by atoms with van der Waals surface area (Å²) >= 11 is 1.51. The van der Waals surface area contributed by atoms with Gasteiger partial charge in [0.15, 0.2) is 6.29 Å². The summed E-state index contributed by atoms with van der Waals surface area (Å²) in [6.07, 6.45) is 1.91. The standard InChI is InChI=1S/C13H17NO3S/c15-12(11-2-1-9-18-11)14-5-3-10(4-6-14)13-16-7-8-17-13/h1-2,9-10,13H,3-8H2. The van der Waals surface area contributed by atoms with Crippen molar-refractivity contribution in [3.05, 3.63) is 22.4 Å². The minimum absolute atomic E-state index is 0.0380. The quantitative estimate of drug-likeness (QED) is 0.822. The summed E-state index contributed by atoms with van der Waals surface area (Å²) in [5, 5.41) is 1.94. The van der Waals surface area contributed by atoms with Gasteiger partial charge >= 0.3 is 0 Å². The molecule has 2 aliphatic heterocycles. The number of piperidine rings is 1. The van der Waals surface area contributed by atoms with Crippen LogP contribution in [-0.4, -0.2) is 43.4 Å². The van der Waals surface area contributed by atoms with Gasteiger partial charge in [0.25, 0.3) is 5.91 Å². The van der Waals surface area contributed by atoms with Gasteiger partial charge in [0, 0.05) is 19.0 Å². The summed E-state index contributed by atoms with van der Waals surface area (Å²) in [5.41, 5.74) is 0. The summed E-state index contributed by atoms with van der Waals surface area (Å²) in [5.74, 6) is 0.608. The lowest BCUT2D eigenvalue weighted by molar-refractivity contribution is -0.0955. The minimum Gasteiger partial charge on any atom is -0.350 e. The average molecular weight is 267 g/mol. The maximum Gasteiger partial charge on any atom is 0.263 e. The van der Waals surface area contributed by atoms with E-state index in [0.29, 0.717) is 19.1 Å². The number of carbonyl (C=O) groups excluding carboxylic acids is 1. The van der Waals surface area contributed by atoms with Crippen molar-refractivity contribution >= 4 is 17.2 Å². The number of thiophene rings is 1. The molecule has 5 heteroatoms. The number of hydrogen-bond acceptors (Lipinski definition) is 4. The zero-order valence-electron chi connectivity index (χ0n) is 10.2. The molecule has 0 aliphatic carbocycles. The maximum absolute atomic E-state index is 12.2. The molecule has 2 fully saturated rings. The van der Waals surface area contributed by atoms with Crippen molar-refractivity contribution < 1.29 is 14.3 Å². The molecular formula is C13H17NO3S. The predicted molar refractivity (Wildman–Crippen MR) is 68.6 cm³/mol. The van der Waals surface area contributed by atoms with Crippen LogP contribution in [0.15, 0.2) is 17.5 Å². The van der Waals surface area contributed by atoms with Crippen LogP contribution in [0.1, 0.15) is 22.5 Å². The van der Waals surface area contributed by atoms with Crippen molar-refractivity contribution in [2.75, 3.05) is 26.3 Å². The Hall–Kier alpha value is -0.910. The lowest BCUT2D eigenvalue weighted by atomic mass is 9.96. The van der Waals surface area contributed by atoms with Crippen molar-refractivity contribution in [2.45, 2.75) is 19.1 Å². The van der Waals surface area contributed by atoms with Crippen LogP contribution in [0.25, 0.3) is 0 Å². The van der Waals surface area contributed by atoms with Gasteiger partial charge in [0.1, 0.15) is 0 Å². The smallest absolute Gasteiger partial charge is 0.263 e. The second-order valence-electron chi connectivity index (χ2n) is 4.72. The van der Waals surface area contributed by atoms with E-state index in [1.165, 1.54) is 11.3 Å². The molecule has 0 unspecified atom stereocenters. The Bertz CT molecular complexity index is 392. The van der Waals surface area contributed by atoms with Crippen LogP contribution in [0.3, 0.4) is 0 Å². The molecule has 2 saturated heterocycles. The van der Waals surface area contributed by atoms with E-state index >= 15 is 0 Å². The van der Waals surface area contributed by atoms with E-state index in [1.54, 1.807) is 0 Å². The van der Waals surface area contributed by atoms with Gasteiger partial charge in [-0.25, -0.2) is 0 Å². The van der Waals surface area contributed by atoms with Gasteiger partial charge in [-0.3, -0.25) is 4.79 Å². The number of nitrogens with zero attached hydrogens (tertiary/aromatic N) is 1. The van der Waals surface area contributed by atoms with E-state index in [2.05, 4.69) is 0 Å². The molecule has 0 spiro atoms. The monoisotopic (exact) mass is 267 g/mol. The Morgan fingerprint density at radius 2 is 2.00 bits per heavy atom. The lowest BCUT2D eigenvalue weighted by Crippen LogP contribution is -2.41. The molecule has 2 aliphatic rings. The SMILES string of the molecule is O=C(c1cccs1)N1CCC(C2OCCO2)CC1. The van der Waals surface area contributed by atoms with E-state index in [0.717, 1.165) is 30.8 Å². The Morgan fingerprint density at radius 1 is 1.28 bits per heavy atom. The van der Waals surface area contributed by atoms with Crippen LogP contribution in [0.5, 0.6) is 0 Å². The minimum atomic E-state index is -0.0380. The zero-order valence-corrected chi connectivity index (χ0v) is 11.0. The van der Waals surface area contributed by atoms with E-state index in [1.807, 2.05) is 22.4 Å². The number of rotatable bonds is 2. The first-order valence-corrected chi connectivity index (χ1v) is 7.28. The van der Waals surface area contributed by atoms with Crippen LogP contribution in [-0.2, 0) is 9.47 Å². The van der Waals surface area contributed by atoms with Gasteiger partial charge in [0.05, 0.1) is 18.1 Å². The highest BCUT2D eigenvalue weighted by atomic mass is 32.1. The van der Waals surface area contributed by atoms with Crippen molar-refractivity contribution in [1.29, 1.82) is 0 Å². The fourth-order valence-corrected chi connectivity index (χ4v) is 3.27. The molecule has 4 nitrogen and oxygen atoms in total. The highest BCUT2D eigenvalue weighted by Crippen LogP contribution is 2.26. The van der Waals surface area contributed by atoms with Crippen LogP contribution in [0.4, 0.5) is 0 Å². The normalized spacial score (nSPS) is 22.6. The number of hydrogen-bond donors (Lipinski definition) is 0. The number of carbonyl (C=O) groups is 1. The first-order chi connectivity index (χ1) is 8.84. The zero-order chi connectivity index (χ0) is 12.4. The van der Waals surface area contributed by atoms with Crippen LogP contribution in [0, 0.1) is 5.92 Å². The number of ether oxygens (including phenoxy) is 2. The molecule has 0 bridgehead atoms. The molecule has 98 valence electrons.